The molecular formula is C9H9ClFNO2. The summed E-state index contributed by atoms with van der Waals surface area (Å²) >= 11 is 5.46. The highest BCUT2D eigenvalue weighted by Crippen LogP contribution is 2.27. The smallest absolute Gasteiger partial charge is 0.185 e. The lowest BCUT2D eigenvalue weighted by atomic mass is 10.0. The third-order valence-corrected chi connectivity index (χ3v) is 2.02. The molecule has 3 nitrogen and oxygen atoms in total. The van der Waals surface area contributed by atoms with Crippen LogP contribution in [0, 0.1) is 5.82 Å². The lowest BCUT2D eigenvalue weighted by molar-refractivity contribution is 0.0961. The summed E-state index contributed by atoms with van der Waals surface area (Å²) in [6, 6.07) is 1.44. The summed E-state index contributed by atoms with van der Waals surface area (Å²) in [4.78, 5) is 11.4. The Labute approximate surface area is 85.3 Å². The van der Waals surface area contributed by atoms with Gasteiger partial charge in [-0.3, -0.25) is 4.79 Å². The van der Waals surface area contributed by atoms with Crippen molar-refractivity contribution in [2.45, 2.75) is 13.0 Å². The van der Waals surface area contributed by atoms with Crippen LogP contribution in [0.2, 0.25) is 5.02 Å². The van der Waals surface area contributed by atoms with E-state index in [1.54, 1.807) is 0 Å². The molecule has 0 saturated heterocycles. The highest BCUT2D eigenvalue weighted by atomic mass is 35.5. The van der Waals surface area contributed by atoms with Gasteiger partial charge in [-0.15, -0.1) is 0 Å². The highest BCUT2D eigenvalue weighted by molar-refractivity contribution is 6.31. The van der Waals surface area contributed by atoms with Gasteiger partial charge in [0.1, 0.15) is 5.75 Å². The Kier molecular flexibility index (Phi) is 3.08. The number of halogens is 2. The second-order valence-corrected chi connectivity index (χ2v) is 3.32. The second-order valence-electron chi connectivity index (χ2n) is 2.91. The number of carbonyl (C=O) groups excluding carboxylic acids is 1. The molecule has 1 unspecified atom stereocenters. The van der Waals surface area contributed by atoms with E-state index >= 15 is 0 Å². The van der Waals surface area contributed by atoms with E-state index in [2.05, 4.69) is 0 Å². The van der Waals surface area contributed by atoms with Crippen molar-refractivity contribution in [3.63, 3.8) is 0 Å². The average molecular weight is 218 g/mol. The maximum Gasteiger partial charge on any atom is 0.185 e. The fourth-order valence-corrected chi connectivity index (χ4v) is 1.16. The first kappa shape index (κ1) is 10.9. The van der Waals surface area contributed by atoms with Crippen molar-refractivity contribution in [3.8, 4) is 5.75 Å². The summed E-state index contributed by atoms with van der Waals surface area (Å²) in [5, 5.41) is 9.04. The Morgan fingerprint density at radius 1 is 1.64 bits per heavy atom. The number of benzene rings is 1. The molecule has 1 aromatic carbocycles. The number of hydrogen-bond acceptors (Lipinski definition) is 3. The van der Waals surface area contributed by atoms with Crippen LogP contribution in [0.3, 0.4) is 0 Å². The predicted molar refractivity (Wildman–Crippen MR) is 51.1 cm³/mol. The molecule has 0 amide bonds. The van der Waals surface area contributed by atoms with Gasteiger partial charge in [0.2, 0.25) is 0 Å². The van der Waals surface area contributed by atoms with Crippen molar-refractivity contribution in [3.05, 3.63) is 28.5 Å². The molecule has 0 aromatic heterocycles. The summed E-state index contributed by atoms with van der Waals surface area (Å²) in [5.41, 5.74) is 4.83. The molecule has 0 aliphatic heterocycles. The van der Waals surface area contributed by atoms with Crippen LogP contribution in [0.25, 0.3) is 0 Å². The van der Waals surface area contributed by atoms with Crippen LogP contribution in [0.1, 0.15) is 17.3 Å². The number of phenols is 1. The van der Waals surface area contributed by atoms with Crippen molar-refractivity contribution in [1.82, 2.24) is 0 Å². The van der Waals surface area contributed by atoms with Gasteiger partial charge in [0, 0.05) is 0 Å². The largest absolute Gasteiger partial charge is 0.507 e. The van der Waals surface area contributed by atoms with Crippen LogP contribution in [-0.2, 0) is 0 Å². The molecule has 1 rings (SSSR count). The van der Waals surface area contributed by atoms with Crippen LogP contribution in [0.5, 0.6) is 5.75 Å². The molecule has 0 heterocycles. The van der Waals surface area contributed by atoms with Crippen LogP contribution in [0.4, 0.5) is 4.39 Å². The molecule has 0 saturated carbocycles. The molecule has 0 fully saturated rings. The molecule has 76 valence electrons. The molecule has 5 heteroatoms. The van der Waals surface area contributed by atoms with Crippen molar-refractivity contribution < 1.29 is 14.3 Å². The number of Topliss-reactive ketones (excluding diaryl/α,β-unsaturated/α-hetero) is 1. The number of aromatic hydroxyl groups is 1. The maximum atomic E-state index is 13.3. The van der Waals surface area contributed by atoms with Gasteiger partial charge >= 0.3 is 0 Å². The first-order chi connectivity index (χ1) is 6.45. The molecule has 3 N–H and O–H groups in total. The third-order valence-electron chi connectivity index (χ3n) is 1.73. The van der Waals surface area contributed by atoms with E-state index < -0.39 is 29.0 Å². The fraction of sp³-hybridized carbons (Fsp3) is 0.222. The molecule has 0 bridgehead atoms. The average Bonchev–Trinajstić information content (AvgIpc) is 2.12. The first-order valence-corrected chi connectivity index (χ1v) is 4.29. The second kappa shape index (κ2) is 3.94. The Morgan fingerprint density at radius 2 is 2.21 bits per heavy atom. The van der Waals surface area contributed by atoms with E-state index in [1.165, 1.54) is 13.0 Å². The molecule has 0 radical (unpaired) electrons. The molecule has 0 aliphatic carbocycles. The van der Waals surface area contributed by atoms with Gasteiger partial charge in [0.05, 0.1) is 16.6 Å². The van der Waals surface area contributed by atoms with Gasteiger partial charge in [0.25, 0.3) is 0 Å². The van der Waals surface area contributed by atoms with Crippen molar-refractivity contribution >= 4 is 17.4 Å². The molecule has 0 spiro atoms. The number of ketones is 1. The predicted octanol–water partition coefficient (Wildman–Crippen LogP) is 1.71. The molecular weight excluding hydrogens is 209 g/mol. The minimum atomic E-state index is -0.936. The van der Waals surface area contributed by atoms with E-state index in [0.29, 0.717) is 0 Å². The van der Waals surface area contributed by atoms with Gasteiger partial charge in [-0.2, -0.15) is 0 Å². The van der Waals surface area contributed by atoms with Gasteiger partial charge in [-0.1, -0.05) is 11.6 Å². The van der Waals surface area contributed by atoms with Crippen LogP contribution in [0.15, 0.2) is 12.1 Å². The summed E-state index contributed by atoms with van der Waals surface area (Å²) in [5.74, 6) is -2.06. The van der Waals surface area contributed by atoms with Crippen LogP contribution >= 0.6 is 11.6 Å². The zero-order valence-electron chi connectivity index (χ0n) is 7.42. The number of carbonyl (C=O) groups is 1. The van der Waals surface area contributed by atoms with E-state index in [9.17, 15) is 14.3 Å². The summed E-state index contributed by atoms with van der Waals surface area (Å²) in [6.07, 6.45) is 0. The Balaban J connectivity index is 3.33. The molecule has 14 heavy (non-hydrogen) atoms. The quantitative estimate of drug-likeness (QED) is 0.742. The number of phenolic OH excluding ortho intramolecular Hbond substituents is 1. The standard InChI is InChI=1S/C9H9ClFNO2/c1-4(12)9(14)7-6(13)3-2-5(10)8(7)11/h2-4,13H,12H2,1H3. The van der Waals surface area contributed by atoms with Gasteiger partial charge in [-0.05, 0) is 19.1 Å². The summed E-state index contributed by atoms with van der Waals surface area (Å²) < 4.78 is 13.3. The zero-order chi connectivity index (χ0) is 10.9. The SMILES string of the molecule is CC(N)C(=O)c1c(O)ccc(Cl)c1F. The monoisotopic (exact) mass is 217 g/mol. The maximum absolute atomic E-state index is 13.3. The fourth-order valence-electron chi connectivity index (χ4n) is 1.00. The van der Waals surface area contributed by atoms with Crippen LogP contribution in [-0.4, -0.2) is 16.9 Å². The van der Waals surface area contributed by atoms with E-state index in [1.807, 2.05) is 0 Å². The lowest BCUT2D eigenvalue weighted by Crippen LogP contribution is -2.27. The van der Waals surface area contributed by atoms with E-state index in [0.717, 1.165) is 6.07 Å². The van der Waals surface area contributed by atoms with Gasteiger partial charge in [0.15, 0.2) is 11.6 Å². The molecule has 1 atom stereocenters. The number of nitrogens with two attached hydrogens (primary N) is 1. The Bertz CT molecular complexity index is 379. The van der Waals surface area contributed by atoms with Crippen LogP contribution < -0.4 is 5.73 Å². The molecule has 0 aliphatic rings. The Hall–Kier alpha value is -1.13. The van der Waals surface area contributed by atoms with Crippen molar-refractivity contribution in [2.75, 3.05) is 0 Å². The van der Waals surface area contributed by atoms with Crippen molar-refractivity contribution in [1.29, 1.82) is 0 Å². The third kappa shape index (κ3) is 1.86. The number of rotatable bonds is 2. The minimum absolute atomic E-state index is 0.216. The lowest BCUT2D eigenvalue weighted by Gasteiger charge is -2.08. The number of hydrogen-bond donors (Lipinski definition) is 2. The zero-order valence-corrected chi connectivity index (χ0v) is 8.18. The van der Waals surface area contributed by atoms with Crippen molar-refractivity contribution in [2.24, 2.45) is 5.73 Å². The molecule has 1 aromatic rings. The van der Waals surface area contributed by atoms with E-state index in [-0.39, 0.29) is 5.02 Å². The first-order valence-electron chi connectivity index (χ1n) is 3.92. The van der Waals surface area contributed by atoms with Gasteiger partial charge < -0.3 is 10.8 Å². The Morgan fingerprint density at radius 3 is 2.71 bits per heavy atom. The van der Waals surface area contributed by atoms with Gasteiger partial charge in [-0.25, -0.2) is 4.39 Å². The summed E-state index contributed by atoms with van der Waals surface area (Å²) in [6.45, 7) is 1.40. The summed E-state index contributed by atoms with van der Waals surface area (Å²) in [7, 11) is 0. The minimum Gasteiger partial charge on any atom is -0.507 e. The topological polar surface area (TPSA) is 63.3 Å². The normalized spacial score (nSPS) is 12.6. The van der Waals surface area contributed by atoms with E-state index in [4.69, 9.17) is 17.3 Å². The highest BCUT2D eigenvalue weighted by Gasteiger charge is 2.21.